The van der Waals surface area contributed by atoms with Gasteiger partial charge >= 0.3 is 0 Å². The van der Waals surface area contributed by atoms with Crippen LogP contribution in [0.2, 0.25) is 0 Å². The molecule has 3 rings (SSSR count). The molecule has 108 valence electrons. The maximum absolute atomic E-state index is 12.9. The Labute approximate surface area is 124 Å². The van der Waals surface area contributed by atoms with Gasteiger partial charge in [-0.1, -0.05) is 29.8 Å². The third kappa shape index (κ3) is 2.40. The summed E-state index contributed by atoms with van der Waals surface area (Å²) in [6.45, 7) is 4.58. The SMILES string of the molecule is Cc1ccc(C)c(C(=O)N2CCCc3cccc(O)c32)c1. The zero-order valence-electron chi connectivity index (χ0n) is 12.4. The first-order valence-corrected chi connectivity index (χ1v) is 7.28. The third-order valence-corrected chi connectivity index (χ3v) is 4.06. The summed E-state index contributed by atoms with van der Waals surface area (Å²) in [5.74, 6) is 0.157. The Morgan fingerprint density at radius 1 is 1.19 bits per heavy atom. The van der Waals surface area contributed by atoms with Crippen molar-refractivity contribution < 1.29 is 9.90 Å². The lowest BCUT2D eigenvalue weighted by Crippen LogP contribution is -2.36. The third-order valence-electron chi connectivity index (χ3n) is 4.06. The first-order valence-electron chi connectivity index (χ1n) is 7.28. The van der Waals surface area contributed by atoms with Gasteiger partial charge in [0.2, 0.25) is 0 Å². The molecule has 0 atom stereocenters. The largest absolute Gasteiger partial charge is 0.506 e. The molecule has 0 radical (unpaired) electrons. The van der Waals surface area contributed by atoms with E-state index < -0.39 is 0 Å². The molecule has 2 aromatic rings. The zero-order valence-corrected chi connectivity index (χ0v) is 12.4. The lowest BCUT2D eigenvalue weighted by Gasteiger charge is -2.30. The molecule has 0 saturated carbocycles. The van der Waals surface area contributed by atoms with Gasteiger partial charge in [-0.25, -0.2) is 0 Å². The topological polar surface area (TPSA) is 40.5 Å². The van der Waals surface area contributed by atoms with Gasteiger partial charge in [-0.15, -0.1) is 0 Å². The monoisotopic (exact) mass is 281 g/mol. The predicted molar refractivity (Wildman–Crippen MR) is 84.0 cm³/mol. The van der Waals surface area contributed by atoms with E-state index in [0.717, 1.165) is 29.5 Å². The summed E-state index contributed by atoms with van der Waals surface area (Å²) in [6, 6.07) is 11.4. The van der Waals surface area contributed by atoms with Gasteiger partial charge in [0.05, 0.1) is 5.69 Å². The summed E-state index contributed by atoms with van der Waals surface area (Å²) in [4.78, 5) is 14.6. The van der Waals surface area contributed by atoms with Gasteiger partial charge in [-0.05, 0) is 49.9 Å². The number of benzene rings is 2. The van der Waals surface area contributed by atoms with Gasteiger partial charge in [-0.2, -0.15) is 0 Å². The standard InChI is InChI=1S/C18H19NO2/c1-12-8-9-13(2)15(11-12)18(21)19-10-4-6-14-5-3-7-16(20)17(14)19/h3,5,7-9,11,20H,4,6,10H2,1-2H3. The summed E-state index contributed by atoms with van der Waals surface area (Å²) in [6.07, 6.45) is 1.83. The zero-order chi connectivity index (χ0) is 15.0. The van der Waals surface area contributed by atoms with Crippen LogP contribution in [0.3, 0.4) is 0 Å². The molecule has 0 fully saturated rings. The number of carbonyl (C=O) groups excluding carboxylic acids is 1. The number of aryl methyl sites for hydroxylation is 3. The average molecular weight is 281 g/mol. The number of anilines is 1. The molecule has 21 heavy (non-hydrogen) atoms. The van der Waals surface area contributed by atoms with Crippen LogP contribution in [0, 0.1) is 13.8 Å². The van der Waals surface area contributed by atoms with Crippen molar-refractivity contribution in [3.63, 3.8) is 0 Å². The van der Waals surface area contributed by atoms with Crippen LogP contribution < -0.4 is 4.90 Å². The Balaban J connectivity index is 2.06. The molecule has 0 aliphatic carbocycles. The molecule has 1 amide bonds. The molecule has 0 bridgehead atoms. The molecule has 3 nitrogen and oxygen atoms in total. The van der Waals surface area contributed by atoms with E-state index in [0.29, 0.717) is 17.8 Å². The van der Waals surface area contributed by atoms with E-state index in [2.05, 4.69) is 0 Å². The van der Waals surface area contributed by atoms with Crippen LogP contribution in [0.4, 0.5) is 5.69 Å². The minimum absolute atomic E-state index is 0.0290. The number of hydrogen-bond donors (Lipinski definition) is 1. The van der Waals surface area contributed by atoms with Crippen LogP contribution in [-0.2, 0) is 6.42 Å². The van der Waals surface area contributed by atoms with E-state index in [1.165, 1.54) is 0 Å². The van der Waals surface area contributed by atoms with E-state index in [9.17, 15) is 9.90 Å². The fraction of sp³-hybridized carbons (Fsp3) is 0.278. The average Bonchev–Trinajstić information content (AvgIpc) is 2.49. The van der Waals surface area contributed by atoms with Crippen LogP contribution in [0.25, 0.3) is 0 Å². The number of phenolic OH excluding ortho intramolecular Hbond substituents is 1. The van der Waals surface area contributed by atoms with Crippen molar-refractivity contribution in [1.82, 2.24) is 0 Å². The fourth-order valence-electron chi connectivity index (χ4n) is 2.95. The molecular formula is C18H19NO2. The second-order valence-corrected chi connectivity index (χ2v) is 5.66. The van der Waals surface area contributed by atoms with E-state index in [4.69, 9.17) is 0 Å². The van der Waals surface area contributed by atoms with E-state index in [1.807, 2.05) is 44.2 Å². The normalized spacial score (nSPS) is 13.9. The quantitative estimate of drug-likeness (QED) is 0.867. The maximum atomic E-state index is 12.9. The molecule has 3 heteroatoms. The summed E-state index contributed by atoms with van der Waals surface area (Å²) >= 11 is 0. The fourth-order valence-corrected chi connectivity index (χ4v) is 2.95. The number of para-hydroxylation sites is 1. The number of fused-ring (bicyclic) bond motifs is 1. The van der Waals surface area contributed by atoms with Crippen molar-refractivity contribution in [2.45, 2.75) is 26.7 Å². The predicted octanol–water partition coefficient (Wildman–Crippen LogP) is 3.60. The molecule has 0 unspecified atom stereocenters. The molecule has 0 aromatic heterocycles. The van der Waals surface area contributed by atoms with E-state index >= 15 is 0 Å². The Kier molecular flexibility index (Phi) is 3.42. The van der Waals surface area contributed by atoms with Gasteiger partial charge in [0.15, 0.2) is 0 Å². The number of carbonyl (C=O) groups is 1. The van der Waals surface area contributed by atoms with Crippen LogP contribution in [-0.4, -0.2) is 17.6 Å². The van der Waals surface area contributed by atoms with Crippen molar-refractivity contribution in [3.05, 3.63) is 58.7 Å². The summed E-state index contributed by atoms with van der Waals surface area (Å²) in [5.41, 5.74) is 4.47. The molecule has 0 saturated heterocycles. The minimum atomic E-state index is -0.0290. The Bertz CT molecular complexity index is 706. The van der Waals surface area contributed by atoms with Crippen molar-refractivity contribution in [2.75, 3.05) is 11.4 Å². The van der Waals surface area contributed by atoms with Gasteiger partial charge in [0.25, 0.3) is 5.91 Å². The molecule has 1 aliphatic heterocycles. The molecular weight excluding hydrogens is 262 g/mol. The van der Waals surface area contributed by atoms with Gasteiger partial charge in [-0.3, -0.25) is 4.79 Å². The number of nitrogens with zero attached hydrogens (tertiary/aromatic N) is 1. The summed E-state index contributed by atoms with van der Waals surface area (Å²) < 4.78 is 0. The van der Waals surface area contributed by atoms with Gasteiger partial charge in [0, 0.05) is 12.1 Å². The first kappa shape index (κ1) is 13.7. The first-order chi connectivity index (χ1) is 10.1. The molecule has 1 N–H and O–H groups in total. The van der Waals surface area contributed by atoms with Gasteiger partial charge < -0.3 is 10.0 Å². The van der Waals surface area contributed by atoms with Crippen molar-refractivity contribution in [2.24, 2.45) is 0 Å². The molecule has 2 aromatic carbocycles. The minimum Gasteiger partial charge on any atom is -0.506 e. The highest BCUT2D eigenvalue weighted by molar-refractivity contribution is 6.08. The Morgan fingerprint density at radius 2 is 2.00 bits per heavy atom. The van der Waals surface area contributed by atoms with Crippen LogP contribution in [0.1, 0.15) is 33.5 Å². The number of hydrogen-bond acceptors (Lipinski definition) is 2. The van der Waals surface area contributed by atoms with Crippen molar-refractivity contribution in [3.8, 4) is 5.75 Å². The summed E-state index contributed by atoms with van der Waals surface area (Å²) in [7, 11) is 0. The number of aromatic hydroxyl groups is 1. The highest BCUT2D eigenvalue weighted by atomic mass is 16.3. The lowest BCUT2D eigenvalue weighted by molar-refractivity contribution is 0.0983. The number of phenols is 1. The van der Waals surface area contributed by atoms with Crippen LogP contribution in [0.15, 0.2) is 36.4 Å². The smallest absolute Gasteiger partial charge is 0.258 e. The lowest BCUT2D eigenvalue weighted by atomic mass is 9.98. The highest BCUT2D eigenvalue weighted by Crippen LogP contribution is 2.36. The van der Waals surface area contributed by atoms with Crippen LogP contribution >= 0.6 is 0 Å². The molecule has 1 heterocycles. The molecule has 0 spiro atoms. The second-order valence-electron chi connectivity index (χ2n) is 5.66. The van der Waals surface area contributed by atoms with Crippen molar-refractivity contribution >= 4 is 11.6 Å². The van der Waals surface area contributed by atoms with Gasteiger partial charge in [0.1, 0.15) is 5.75 Å². The maximum Gasteiger partial charge on any atom is 0.258 e. The number of rotatable bonds is 1. The Hall–Kier alpha value is -2.29. The van der Waals surface area contributed by atoms with Crippen LogP contribution in [0.5, 0.6) is 5.75 Å². The number of amides is 1. The Morgan fingerprint density at radius 3 is 2.81 bits per heavy atom. The van der Waals surface area contributed by atoms with E-state index in [1.54, 1.807) is 11.0 Å². The molecule has 1 aliphatic rings. The highest BCUT2D eigenvalue weighted by Gasteiger charge is 2.26. The van der Waals surface area contributed by atoms with E-state index in [-0.39, 0.29) is 11.7 Å². The van der Waals surface area contributed by atoms with Crippen molar-refractivity contribution in [1.29, 1.82) is 0 Å². The summed E-state index contributed by atoms with van der Waals surface area (Å²) in [5, 5.41) is 10.2. The second kappa shape index (κ2) is 5.24.